The molecule has 2 fully saturated rings. The molecule has 4 rings (SSSR count). The Bertz CT molecular complexity index is 1120. The molecular formula is C20H28FN5O4. The average molecular weight is 421 g/mol. The van der Waals surface area contributed by atoms with Gasteiger partial charge in [-0.05, 0) is 39.0 Å². The van der Waals surface area contributed by atoms with Crippen molar-refractivity contribution >= 4 is 22.3 Å². The number of nitrogens with zero attached hydrogens (tertiary/aromatic N) is 2. The van der Waals surface area contributed by atoms with E-state index in [1.807, 2.05) is 0 Å². The fourth-order valence-electron chi connectivity index (χ4n) is 4.49. The Kier molecular flexibility index (Phi) is 4.81. The van der Waals surface area contributed by atoms with Crippen molar-refractivity contribution in [3.8, 4) is 5.75 Å². The van der Waals surface area contributed by atoms with Gasteiger partial charge in [-0.15, -0.1) is 0 Å². The SMILES string of the molecule is COc1c(N2CCC(C(N)C(C)(C)O)C2)c(F)c(N)c2c(=O)[nH]c(=O)n(C3CC3)c12. The van der Waals surface area contributed by atoms with Crippen LogP contribution in [0.1, 0.15) is 39.2 Å². The lowest BCUT2D eigenvalue weighted by Crippen LogP contribution is -2.49. The van der Waals surface area contributed by atoms with E-state index < -0.39 is 28.7 Å². The molecule has 1 saturated heterocycles. The number of nitrogens with two attached hydrogens (primary N) is 2. The third-order valence-corrected chi connectivity index (χ3v) is 6.27. The van der Waals surface area contributed by atoms with Crippen LogP contribution in [0.25, 0.3) is 10.9 Å². The number of hydrogen-bond donors (Lipinski definition) is 4. The van der Waals surface area contributed by atoms with Crippen molar-refractivity contribution < 1.29 is 14.2 Å². The molecule has 6 N–H and O–H groups in total. The smallest absolute Gasteiger partial charge is 0.329 e. The number of nitrogen functional groups attached to an aromatic ring is 1. The second kappa shape index (κ2) is 6.98. The molecule has 2 heterocycles. The highest BCUT2D eigenvalue weighted by atomic mass is 19.1. The van der Waals surface area contributed by atoms with Gasteiger partial charge >= 0.3 is 5.69 Å². The number of rotatable bonds is 5. The van der Waals surface area contributed by atoms with Crippen LogP contribution in [-0.2, 0) is 0 Å². The molecule has 164 valence electrons. The third kappa shape index (κ3) is 3.14. The van der Waals surface area contributed by atoms with E-state index in [9.17, 15) is 14.7 Å². The standard InChI is InChI=1S/C20H28FN5O4/c1-20(2,29)17(23)9-6-7-25(8-9)15-12(21)13(22)11-14(16(15)30-3)26(10-4-5-10)19(28)24-18(11)27/h9-10,17,29H,4-8,22-23H2,1-3H3,(H,24,27,28). The van der Waals surface area contributed by atoms with Gasteiger partial charge < -0.3 is 26.2 Å². The molecule has 1 aliphatic carbocycles. The summed E-state index contributed by atoms with van der Waals surface area (Å²) in [7, 11) is 1.38. The Balaban J connectivity index is 1.92. The maximum atomic E-state index is 15.5. The maximum absolute atomic E-state index is 15.5. The quantitative estimate of drug-likeness (QED) is 0.521. The Labute approximate surface area is 172 Å². The number of aromatic amines is 1. The summed E-state index contributed by atoms with van der Waals surface area (Å²) in [5.41, 5.74) is 9.92. The van der Waals surface area contributed by atoms with Crippen LogP contribution in [0.2, 0.25) is 0 Å². The number of nitrogens with one attached hydrogen (secondary N) is 1. The molecule has 2 aliphatic rings. The lowest BCUT2D eigenvalue weighted by atomic mass is 9.87. The molecule has 0 amide bonds. The zero-order valence-electron chi connectivity index (χ0n) is 17.4. The molecule has 0 spiro atoms. The monoisotopic (exact) mass is 421 g/mol. The van der Waals surface area contributed by atoms with Gasteiger partial charge in [0.25, 0.3) is 5.56 Å². The van der Waals surface area contributed by atoms with Crippen molar-refractivity contribution in [1.82, 2.24) is 9.55 Å². The van der Waals surface area contributed by atoms with Crippen LogP contribution in [0.4, 0.5) is 15.8 Å². The van der Waals surface area contributed by atoms with Crippen LogP contribution in [0, 0.1) is 11.7 Å². The van der Waals surface area contributed by atoms with Crippen LogP contribution >= 0.6 is 0 Å². The first-order valence-electron chi connectivity index (χ1n) is 10.1. The number of aromatic nitrogens is 2. The summed E-state index contributed by atoms with van der Waals surface area (Å²) in [6, 6.07) is -0.583. The Morgan fingerprint density at radius 3 is 2.53 bits per heavy atom. The van der Waals surface area contributed by atoms with Gasteiger partial charge in [0.1, 0.15) is 11.2 Å². The minimum absolute atomic E-state index is 0.0733. The highest BCUT2D eigenvalue weighted by Gasteiger charge is 2.39. The summed E-state index contributed by atoms with van der Waals surface area (Å²) in [5.74, 6) is -0.719. The van der Waals surface area contributed by atoms with E-state index in [-0.39, 0.29) is 40.0 Å². The highest BCUT2D eigenvalue weighted by Crippen LogP contribution is 2.46. The van der Waals surface area contributed by atoms with Gasteiger partial charge in [-0.3, -0.25) is 14.3 Å². The first kappa shape index (κ1) is 20.7. The van der Waals surface area contributed by atoms with Crippen molar-refractivity contribution in [2.24, 2.45) is 11.7 Å². The van der Waals surface area contributed by atoms with Crippen LogP contribution in [-0.4, -0.2) is 46.5 Å². The Morgan fingerprint density at radius 1 is 1.30 bits per heavy atom. The lowest BCUT2D eigenvalue weighted by molar-refractivity contribution is 0.0337. The molecule has 1 aliphatic heterocycles. The zero-order valence-corrected chi connectivity index (χ0v) is 17.4. The van der Waals surface area contributed by atoms with Crippen molar-refractivity contribution in [1.29, 1.82) is 0 Å². The molecular weight excluding hydrogens is 393 g/mol. The number of anilines is 2. The van der Waals surface area contributed by atoms with Gasteiger partial charge in [0.05, 0.1) is 23.8 Å². The van der Waals surface area contributed by atoms with Gasteiger partial charge in [0.2, 0.25) is 0 Å². The van der Waals surface area contributed by atoms with Crippen molar-refractivity contribution in [3.05, 3.63) is 26.7 Å². The molecule has 0 bridgehead atoms. The minimum Gasteiger partial charge on any atom is -0.492 e. The summed E-state index contributed by atoms with van der Waals surface area (Å²) in [4.78, 5) is 29.0. The van der Waals surface area contributed by atoms with Gasteiger partial charge in [0.15, 0.2) is 11.6 Å². The molecule has 2 unspecified atom stereocenters. The number of benzene rings is 1. The van der Waals surface area contributed by atoms with Crippen LogP contribution < -0.4 is 32.4 Å². The number of methoxy groups -OCH3 is 1. The second-order valence-corrected chi connectivity index (χ2v) is 8.87. The molecule has 2 aromatic rings. The Morgan fingerprint density at radius 2 is 1.97 bits per heavy atom. The van der Waals surface area contributed by atoms with Crippen molar-refractivity contribution in [3.63, 3.8) is 0 Å². The number of aliphatic hydroxyl groups is 1. The summed E-state index contributed by atoms with van der Waals surface area (Å²) >= 11 is 0. The summed E-state index contributed by atoms with van der Waals surface area (Å²) in [6.07, 6.45) is 2.21. The normalized spacial score (nSPS) is 20.7. The fraction of sp³-hybridized carbons (Fsp3) is 0.600. The molecule has 10 heteroatoms. The fourth-order valence-corrected chi connectivity index (χ4v) is 4.49. The third-order valence-electron chi connectivity index (χ3n) is 6.27. The van der Waals surface area contributed by atoms with E-state index in [1.54, 1.807) is 18.7 Å². The number of fused-ring (bicyclic) bond motifs is 1. The van der Waals surface area contributed by atoms with Gasteiger partial charge in [-0.1, -0.05) is 0 Å². The summed E-state index contributed by atoms with van der Waals surface area (Å²) in [6.45, 7) is 4.16. The van der Waals surface area contributed by atoms with Gasteiger partial charge in [-0.2, -0.15) is 0 Å². The molecule has 30 heavy (non-hydrogen) atoms. The number of H-pyrrole nitrogens is 1. The molecule has 1 aromatic carbocycles. The van der Waals surface area contributed by atoms with Crippen LogP contribution in [0.15, 0.2) is 9.59 Å². The van der Waals surface area contributed by atoms with Crippen molar-refractivity contribution in [2.45, 2.75) is 50.8 Å². The van der Waals surface area contributed by atoms with Gasteiger partial charge in [0, 0.05) is 25.2 Å². The molecule has 1 aromatic heterocycles. The number of ether oxygens (including phenoxy) is 1. The van der Waals surface area contributed by atoms with E-state index in [4.69, 9.17) is 16.2 Å². The molecule has 2 atom stereocenters. The first-order chi connectivity index (χ1) is 14.1. The molecule has 1 saturated carbocycles. The molecule has 9 nitrogen and oxygen atoms in total. The predicted molar refractivity (Wildman–Crippen MR) is 113 cm³/mol. The van der Waals surface area contributed by atoms with Crippen LogP contribution in [0.5, 0.6) is 5.75 Å². The summed E-state index contributed by atoms with van der Waals surface area (Å²) in [5, 5.41) is 10.2. The van der Waals surface area contributed by atoms with E-state index in [0.717, 1.165) is 12.8 Å². The van der Waals surface area contributed by atoms with E-state index in [2.05, 4.69) is 4.98 Å². The van der Waals surface area contributed by atoms with E-state index in [1.165, 1.54) is 11.7 Å². The van der Waals surface area contributed by atoms with E-state index in [0.29, 0.717) is 19.5 Å². The highest BCUT2D eigenvalue weighted by molar-refractivity contribution is 5.99. The minimum atomic E-state index is -1.08. The Hall–Kier alpha value is -2.59. The number of halogens is 1. The molecule has 0 radical (unpaired) electrons. The number of hydrogen-bond acceptors (Lipinski definition) is 7. The second-order valence-electron chi connectivity index (χ2n) is 8.87. The first-order valence-corrected chi connectivity index (χ1v) is 10.1. The average Bonchev–Trinajstić information content (AvgIpc) is 3.38. The van der Waals surface area contributed by atoms with Gasteiger partial charge in [-0.25, -0.2) is 9.18 Å². The zero-order chi connectivity index (χ0) is 22.0. The predicted octanol–water partition coefficient (Wildman–Crippen LogP) is 0.679. The van der Waals surface area contributed by atoms with Crippen molar-refractivity contribution in [2.75, 3.05) is 30.8 Å². The summed E-state index contributed by atoms with van der Waals surface area (Å²) < 4.78 is 22.5. The topological polar surface area (TPSA) is 140 Å². The van der Waals surface area contributed by atoms with E-state index >= 15 is 4.39 Å². The lowest BCUT2D eigenvalue weighted by Gasteiger charge is -2.31. The van der Waals surface area contributed by atoms with Crippen LogP contribution in [0.3, 0.4) is 0 Å². The maximum Gasteiger partial charge on any atom is 0.329 e. The largest absolute Gasteiger partial charge is 0.492 e.